The second-order valence-corrected chi connectivity index (χ2v) is 7.70. The Bertz CT molecular complexity index is 620. The van der Waals surface area contributed by atoms with Gasteiger partial charge in [-0.2, -0.15) is 0 Å². The number of hydrogen-bond donors (Lipinski definition) is 3. The van der Waals surface area contributed by atoms with E-state index in [0.29, 0.717) is 36.7 Å². The molecule has 2 rings (SSSR count). The van der Waals surface area contributed by atoms with Crippen molar-refractivity contribution in [3.8, 4) is 5.75 Å². The molecule has 0 aromatic heterocycles. The van der Waals surface area contributed by atoms with Crippen molar-refractivity contribution in [2.45, 2.75) is 58.9 Å². The van der Waals surface area contributed by atoms with Crippen LogP contribution in [-0.2, 0) is 0 Å². The normalized spacial score (nSPS) is 16.0. The Balaban J connectivity index is 0.00000420. The molecule has 0 saturated heterocycles. The van der Waals surface area contributed by atoms with Crippen molar-refractivity contribution in [1.82, 2.24) is 10.6 Å². The fourth-order valence-electron chi connectivity index (χ4n) is 3.14. The summed E-state index contributed by atoms with van der Waals surface area (Å²) >= 11 is 0. The van der Waals surface area contributed by atoms with E-state index in [1.165, 1.54) is 18.9 Å². The molecule has 1 aliphatic carbocycles. The lowest BCUT2D eigenvalue weighted by Gasteiger charge is -2.20. The largest absolute Gasteiger partial charge is 0.490 e. The predicted octanol–water partition coefficient (Wildman–Crippen LogP) is 4.65. The van der Waals surface area contributed by atoms with Crippen LogP contribution in [0.5, 0.6) is 5.75 Å². The fraction of sp³-hybridized carbons (Fsp3) is 0.682. The molecule has 29 heavy (non-hydrogen) atoms. The maximum atomic E-state index is 14.4. The summed E-state index contributed by atoms with van der Waals surface area (Å²) in [6.07, 6.45) is 5.26. The van der Waals surface area contributed by atoms with E-state index in [9.17, 15) is 9.50 Å². The zero-order valence-corrected chi connectivity index (χ0v) is 20.2. The summed E-state index contributed by atoms with van der Waals surface area (Å²) in [4.78, 5) is 4.68. The minimum atomic E-state index is -0.320. The number of rotatable bonds is 12. The lowest BCUT2D eigenvalue weighted by Crippen LogP contribution is -2.39. The summed E-state index contributed by atoms with van der Waals surface area (Å²) in [6, 6.07) is 5.06. The molecule has 2 atom stereocenters. The first kappa shape index (κ1) is 25.9. The third kappa shape index (κ3) is 9.51. The molecule has 1 aromatic carbocycles. The molecule has 1 fully saturated rings. The molecule has 0 aliphatic heterocycles. The number of aliphatic hydroxyl groups is 1. The molecule has 5 nitrogen and oxygen atoms in total. The number of guanidine groups is 1. The van der Waals surface area contributed by atoms with E-state index in [0.717, 1.165) is 31.4 Å². The zero-order valence-electron chi connectivity index (χ0n) is 17.9. The SMILES string of the molecule is CCCC(CCO)CN=C(NCC)NC(C)c1ccc(OCC2CC2)c(F)c1.I. The number of nitrogens with zero attached hydrogens (tertiary/aromatic N) is 1. The molecule has 3 N–H and O–H groups in total. The Hall–Kier alpha value is -1.09. The highest BCUT2D eigenvalue weighted by molar-refractivity contribution is 14.0. The number of ether oxygens (including phenoxy) is 1. The standard InChI is InChI=1S/C22H36FN3O2.HI/c1-4-6-17(11-12-27)14-25-22(24-5-2)26-16(3)19-9-10-21(20(23)13-19)28-15-18-7-8-18;/h9-10,13,16-18,27H,4-8,11-12,14-15H2,1-3H3,(H2,24,25,26);1H. The molecule has 1 saturated carbocycles. The third-order valence-corrected chi connectivity index (χ3v) is 5.07. The molecule has 166 valence electrons. The van der Waals surface area contributed by atoms with Crippen LogP contribution in [-0.4, -0.2) is 37.4 Å². The fourth-order valence-corrected chi connectivity index (χ4v) is 3.14. The number of benzene rings is 1. The minimum Gasteiger partial charge on any atom is -0.490 e. The molecule has 0 amide bonds. The molecule has 2 unspecified atom stereocenters. The van der Waals surface area contributed by atoms with Gasteiger partial charge in [0.1, 0.15) is 0 Å². The summed E-state index contributed by atoms with van der Waals surface area (Å²) in [5.74, 6) is 1.69. The van der Waals surface area contributed by atoms with Crippen molar-refractivity contribution in [3.05, 3.63) is 29.6 Å². The minimum absolute atomic E-state index is 0. The Morgan fingerprint density at radius 1 is 1.31 bits per heavy atom. The van der Waals surface area contributed by atoms with Gasteiger partial charge in [-0.25, -0.2) is 4.39 Å². The lowest BCUT2D eigenvalue weighted by molar-refractivity contribution is 0.253. The molecule has 1 aliphatic rings. The van der Waals surface area contributed by atoms with Gasteiger partial charge in [-0.05, 0) is 69.1 Å². The summed E-state index contributed by atoms with van der Waals surface area (Å²) in [5.41, 5.74) is 0.849. The first-order chi connectivity index (χ1) is 13.6. The monoisotopic (exact) mass is 521 g/mol. The molecule has 0 spiro atoms. The van der Waals surface area contributed by atoms with E-state index in [-0.39, 0.29) is 42.4 Å². The van der Waals surface area contributed by atoms with Crippen LogP contribution in [0.1, 0.15) is 64.5 Å². The van der Waals surface area contributed by atoms with Crippen LogP contribution in [0.25, 0.3) is 0 Å². The van der Waals surface area contributed by atoms with Crippen LogP contribution in [0.3, 0.4) is 0 Å². The average Bonchev–Trinajstić information content (AvgIpc) is 3.50. The third-order valence-electron chi connectivity index (χ3n) is 5.07. The predicted molar refractivity (Wildman–Crippen MR) is 128 cm³/mol. The summed E-state index contributed by atoms with van der Waals surface area (Å²) in [6.45, 7) is 8.36. The second-order valence-electron chi connectivity index (χ2n) is 7.70. The molecule has 0 bridgehead atoms. The lowest BCUT2D eigenvalue weighted by atomic mass is 10.0. The number of aliphatic hydroxyl groups excluding tert-OH is 1. The van der Waals surface area contributed by atoms with Gasteiger partial charge in [0.25, 0.3) is 0 Å². The summed E-state index contributed by atoms with van der Waals surface area (Å²) in [7, 11) is 0. The van der Waals surface area contributed by atoms with Crippen LogP contribution < -0.4 is 15.4 Å². The Morgan fingerprint density at radius 2 is 2.07 bits per heavy atom. The van der Waals surface area contributed by atoms with Gasteiger partial charge < -0.3 is 20.5 Å². The molecule has 0 radical (unpaired) electrons. The molecule has 0 heterocycles. The van der Waals surface area contributed by atoms with Crippen molar-refractivity contribution >= 4 is 29.9 Å². The van der Waals surface area contributed by atoms with Crippen molar-refractivity contribution in [2.24, 2.45) is 16.8 Å². The molecular formula is C22H37FIN3O2. The van der Waals surface area contributed by atoms with Crippen molar-refractivity contribution in [2.75, 3.05) is 26.3 Å². The van der Waals surface area contributed by atoms with E-state index in [1.54, 1.807) is 6.07 Å². The highest BCUT2D eigenvalue weighted by Gasteiger charge is 2.22. The number of nitrogens with one attached hydrogen (secondary N) is 2. The van der Waals surface area contributed by atoms with Crippen molar-refractivity contribution in [3.63, 3.8) is 0 Å². The van der Waals surface area contributed by atoms with E-state index in [1.807, 2.05) is 19.9 Å². The van der Waals surface area contributed by atoms with Gasteiger partial charge in [0, 0.05) is 19.7 Å². The number of aliphatic imine (C=N–C) groups is 1. The zero-order chi connectivity index (χ0) is 20.4. The number of hydrogen-bond acceptors (Lipinski definition) is 3. The van der Waals surface area contributed by atoms with Gasteiger partial charge in [-0.3, -0.25) is 4.99 Å². The Kier molecular flexibility index (Phi) is 12.5. The first-order valence-corrected chi connectivity index (χ1v) is 10.6. The highest BCUT2D eigenvalue weighted by Crippen LogP contribution is 2.30. The summed E-state index contributed by atoms with van der Waals surface area (Å²) in [5, 5.41) is 15.8. The van der Waals surface area contributed by atoms with Gasteiger partial charge in [0.05, 0.1) is 12.6 Å². The summed E-state index contributed by atoms with van der Waals surface area (Å²) < 4.78 is 19.9. The smallest absolute Gasteiger partial charge is 0.191 e. The topological polar surface area (TPSA) is 65.9 Å². The van der Waals surface area contributed by atoms with Crippen LogP contribution in [0.2, 0.25) is 0 Å². The number of halogens is 2. The van der Waals surface area contributed by atoms with Crippen LogP contribution in [0.15, 0.2) is 23.2 Å². The van der Waals surface area contributed by atoms with Gasteiger partial charge in [-0.1, -0.05) is 19.4 Å². The van der Waals surface area contributed by atoms with Crippen LogP contribution in [0.4, 0.5) is 4.39 Å². The van der Waals surface area contributed by atoms with Gasteiger partial charge in [0.2, 0.25) is 0 Å². The van der Waals surface area contributed by atoms with E-state index in [4.69, 9.17) is 4.74 Å². The van der Waals surface area contributed by atoms with Crippen LogP contribution in [0, 0.1) is 17.7 Å². The van der Waals surface area contributed by atoms with Gasteiger partial charge >= 0.3 is 0 Å². The quantitative estimate of drug-likeness (QED) is 0.213. The Morgan fingerprint density at radius 3 is 2.66 bits per heavy atom. The van der Waals surface area contributed by atoms with Crippen molar-refractivity contribution < 1.29 is 14.2 Å². The highest BCUT2D eigenvalue weighted by atomic mass is 127. The average molecular weight is 521 g/mol. The van der Waals surface area contributed by atoms with Crippen molar-refractivity contribution in [1.29, 1.82) is 0 Å². The maximum Gasteiger partial charge on any atom is 0.191 e. The van der Waals surface area contributed by atoms with E-state index < -0.39 is 0 Å². The molecule has 1 aromatic rings. The molecular weight excluding hydrogens is 484 g/mol. The van der Waals surface area contributed by atoms with E-state index in [2.05, 4.69) is 22.5 Å². The Labute approximate surface area is 191 Å². The first-order valence-electron chi connectivity index (χ1n) is 10.6. The second kappa shape index (κ2) is 14.0. The van der Waals surface area contributed by atoms with Crippen LogP contribution >= 0.6 is 24.0 Å². The molecule has 7 heteroatoms. The van der Waals surface area contributed by atoms with Gasteiger partial charge in [-0.15, -0.1) is 24.0 Å². The van der Waals surface area contributed by atoms with Gasteiger partial charge in [0.15, 0.2) is 17.5 Å². The maximum absolute atomic E-state index is 14.4. The van der Waals surface area contributed by atoms with E-state index >= 15 is 0 Å².